The van der Waals surface area contributed by atoms with E-state index in [2.05, 4.69) is 54.5 Å². The van der Waals surface area contributed by atoms with Crippen molar-refractivity contribution in [3.8, 4) is 5.88 Å². The average Bonchev–Trinajstić information content (AvgIpc) is 2.52. The van der Waals surface area contributed by atoms with E-state index in [0.717, 1.165) is 18.7 Å². The van der Waals surface area contributed by atoms with Gasteiger partial charge >= 0.3 is 0 Å². The molecule has 2 aromatic rings. The fourth-order valence-corrected chi connectivity index (χ4v) is 2.54. The summed E-state index contributed by atoms with van der Waals surface area (Å²) in [5.74, 6) is 1.80. The van der Waals surface area contributed by atoms with Crippen LogP contribution in [0.4, 0.5) is 0 Å². The number of aromatic nitrogens is 1. The number of methoxy groups -OCH3 is 1. The van der Waals surface area contributed by atoms with Crippen LogP contribution in [-0.4, -0.2) is 18.6 Å². The minimum atomic E-state index is 0.508. The summed E-state index contributed by atoms with van der Waals surface area (Å²) in [5.41, 5.74) is 2.48. The molecule has 0 spiro atoms. The van der Waals surface area contributed by atoms with E-state index < -0.39 is 0 Å². The molecule has 1 unspecified atom stereocenters. The lowest BCUT2D eigenvalue weighted by atomic mass is 9.88. The zero-order valence-corrected chi connectivity index (χ0v) is 13.0. The first-order chi connectivity index (χ1) is 10.2. The standard InChI is InChI=1S/C18H24N2O/c1-14(2)17(15-8-5-4-6-9-15)13-19-12-16-10-7-11-20-18(16)21-3/h4-11,14,17,19H,12-13H2,1-3H3. The Kier molecular flexibility index (Phi) is 5.76. The van der Waals surface area contributed by atoms with Gasteiger partial charge in [0.1, 0.15) is 0 Å². The van der Waals surface area contributed by atoms with Crippen LogP contribution in [0.2, 0.25) is 0 Å². The summed E-state index contributed by atoms with van der Waals surface area (Å²) in [6.45, 7) is 6.25. The number of rotatable bonds is 7. The van der Waals surface area contributed by atoms with Crippen molar-refractivity contribution >= 4 is 0 Å². The highest BCUT2D eigenvalue weighted by molar-refractivity contribution is 5.25. The van der Waals surface area contributed by atoms with E-state index in [0.29, 0.717) is 17.7 Å². The predicted molar refractivity (Wildman–Crippen MR) is 86.5 cm³/mol. The SMILES string of the molecule is COc1ncccc1CNCC(c1ccccc1)C(C)C. The lowest BCUT2D eigenvalue weighted by molar-refractivity contribution is 0.388. The molecule has 21 heavy (non-hydrogen) atoms. The molecule has 0 amide bonds. The van der Waals surface area contributed by atoms with E-state index in [-0.39, 0.29) is 0 Å². The highest BCUT2D eigenvalue weighted by Crippen LogP contribution is 2.23. The molecule has 112 valence electrons. The summed E-state index contributed by atoms with van der Waals surface area (Å²) >= 11 is 0. The second-order valence-corrected chi connectivity index (χ2v) is 5.56. The Morgan fingerprint density at radius 1 is 1.10 bits per heavy atom. The molecule has 0 radical (unpaired) electrons. The van der Waals surface area contributed by atoms with Gasteiger partial charge in [-0.1, -0.05) is 50.2 Å². The Balaban J connectivity index is 1.97. The molecule has 0 aliphatic rings. The third-order valence-corrected chi connectivity index (χ3v) is 3.76. The molecular formula is C18H24N2O. The highest BCUT2D eigenvalue weighted by atomic mass is 16.5. The second kappa shape index (κ2) is 7.79. The largest absolute Gasteiger partial charge is 0.481 e. The van der Waals surface area contributed by atoms with Crippen LogP contribution < -0.4 is 10.1 Å². The maximum absolute atomic E-state index is 5.28. The quantitative estimate of drug-likeness (QED) is 0.843. The van der Waals surface area contributed by atoms with Gasteiger partial charge in [-0.25, -0.2) is 4.98 Å². The van der Waals surface area contributed by atoms with Crippen molar-refractivity contribution in [3.63, 3.8) is 0 Å². The van der Waals surface area contributed by atoms with Crippen molar-refractivity contribution in [3.05, 3.63) is 59.8 Å². The molecule has 0 saturated carbocycles. The van der Waals surface area contributed by atoms with Crippen molar-refractivity contribution in [2.24, 2.45) is 5.92 Å². The third-order valence-electron chi connectivity index (χ3n) is 3.76. The zero-order chi connectivity index (χ0) is 15.1. The van der Waals surface area contributed by atoms with Gasteiger partial charge in [-0.15, -0.1) is 0 Å². The molecule has 0 fully saturated rings. The lowest BCUT2D eigenvalue weighted by Gasteiger charge is -2.22. The average molecular weight is 284 g/mol. The van der Waals surface area contributed by atoms with Crippen molar-refractivity contribution in [1.82, 2.24) is 10.3 Å². The van der Waals surface area contributed by atoms with Crippen LogP contribution in [0.1, 0.15) is 30.9 Å². The van der Waals surface area contributed by atoms with Crippen molar-refractivity contribution < 1.29 is 4.74 Å². The minimum Gasteiger partial charge on any atom is -0.481 e. The van der Waals surface area contributed by atoms with E-state index in [1.54, 1.807) is 13.3 Å². The van der Waals surface area contributed by atoms with E-state index in [1.807, 2.05) is 12.1 Å². The van der Waals surface area contributed by atoms with E-state index in [4.69, 9.17) is 4.74 Å². The molecule has 1 aromatic carbocycles. The normalized spacial score (nSPS) is 12.4. The van der Waals surface area contributed by atoms with Crippen molar-refractivity contribution in [1.29, 1.82) is 0 Å². The number of nitrogens with zero attached hydrogens (tertiary/aromatic N) is 1. The second-order valence-electron chi connectivity index (χ2n) is 5.56. The van der Waals surface area contributed by atoms with Gasteiger partial charge in [0.05, 0.1) is 7.11 Å². The number of hydrogen-bond acceptors (Lipinski definition) is 3. The Morgan fingerprint density at radius 3 is 2.52 bits per heavy atom. The summed E-state index contributed by atoms with van der Waals surface area (Å²) in [6.07, 6.45) is 1.75. The van der Waals surface area contributed by atoms with Crippen molar-refractivity contribution in [2.45, 2.75) is 26.3 Å². The number of benzene rings is 1. The zero-order valence-electron chi connectivity index (χ0n) is 13.0. The van der Waals surface area contributed by atoms with Gasteiger partial charge in [0.15, 0.2) is 0 Å². The molecule has 0 aliphatic heterocycles. The summed E-state index contributed by atoms with van der Waals surface area (Å²) in [7, 11) is 1.66. The molecule has 3 nitrogen and oxygen atoms in total. The molecular weight excluding hydrogens is 260 g/mol. The molecule has 2 rings (SSSR count). The third kappa shape index (κ3) is 4.30. The molecule has 0 aliphatic carbocycles. The van der Waals surface area contributed by atoms with Crippen LogP contribution >= 0.6 is 0 Å². The molecule has 1 heterocycles. The van der Waals surface area contributed by atoms with Gasteiger partial charge in [0.2, 0.25) is 5.88 Å². The van der Waals surface area contributed by atoms with Crippen LogP contribution in [0, 0.1) is 5.92 Å². The molecule has 3 heteroatoms. The Bertz CT molecular complexity index is 540. The van der Waals surface area contributed by atoms with Crippen molar-refractivity contribution in [2.75, 3.05) is 13.7 Å². The monoisotopic (exact) mass is 284 g/mol. The molecule has 1 aromatic heterocycles. The number of pyridine rings is 1. The van der Waals surface area contributed by atoms with Crippen LogP contribution in [0.25, 0.3) is 0 Å². The summed E-state index contributed by atoms with van der Waals surface area (Å²) in [4.78, 5) is 4.23. The van der Waals surface area contributed by atoms with Gasteiger partial charge < -0.3 is 10.1 Å². The Labute approximate surface area is 127 Å². The van der Waals surface area contributed by atoms with Crippen LogP contribution in [-0.2, 0) is 6.54 Å². The van der Waals surface area contributed by atoms with E-state index in [1.165, 1.54) is 5.56 Å². The van der Waals surface area contributed by atoms with Gasteiger partial charge in [-0.2, -0.15) is 0 Å². The fraction of sp³-hybridized carbons (Fsp3) is 0.389. The van der Waals surface area contributed by atoms with Gasteiger partial charge in [0, 0.05) is 24.8 Å². The highest BCUT2D eigenvalue weighted by Gasteiger charge is 2.15. The van der Waals surface area contributed by atoms with Gasteiger partial charge in [-0.3, -0.25) is 0 Å². The summed E-state index contributed by atoms with van der Waals surface area (Å²) in [5, 5.41) is 3.54. The number of hydrogen-bond donors (Lipinski definition) is 1. The predicted octanol–water partition coefficient (Wildman–Crippen LogP) is 3.62. The molecule has 1 atom stereocenters. The smallest absolute Gasteiger partial charge is 0.217 e. The minimum absolute atomic E-state index is 0.508. The maximum atomic E-state index is 5.28. The van der Waals surface area contributed by atoms with E-state index >= 15 is 0 Å². The Morgan fingerprint density at radius 2 is 1.86 bits per heavy atom. The fourth-order valence-electron chi connectivity index (χ4n) is 2.54. The first kappa shape index (κ1) is 15.5. The Hall–Kier alpha value is -1.87. The number of ether oxygens (including phenoxy) is 1. The van der Waals surface area contributed by atoms with Crippen LogP contribution in [0.3, 0.4) is 0 Å². The summed E-state index contributed by atoms with van der Waals surface area (Å²) in [6, 6.07) is 14.7. The van der Waals surface area contributed by atoms with Crippen LogP contribution in [0.5, 0.6) is 5.88 Å². The maximum Gasteiger partial charge on any atom is 0.217 e. The molecule has 1 N–H and O–H groups in total. The molecule has 0 bridgehead atoms. The van der Waals surface area contributed by atoms with Gasteiger partial charge in [-0.05, 0) is 23.5 Å². The van der Waals surface area contributed by atoms with E-state index in [9.17, 15) is 0 Å². The first-order valence-electron chi connectivity index (χ1n) is 7.46. The van der Waals surface area contributed by atoms with Crippen LogP contribution in [0.15, 0.2) is 48.7 Å². The summed E-state index contributed by atoms with van der Waals surface area (Å²) < 4.78 is 5.28. The molecule has 0 saturated heterocycles. The lowest BCUT2D eigenvalue weighted by Crippen LogP contribution is -2.24. The van der Waals surface area contributed by atoms with Gasteiger partial charge in [0.25, 0.3) is 0 Å². The first-order valence-corrected chi connectivity index (χ1v) is 7.46. The number of nitrogens with one attached hydrogen (secondary N) is 1. The topological polar surface area (TPSA) is 34.1 Å².